The fourth-order valence-electron chi connectivity index (χ4n) is 2.63. The van der Waals surface area contributed by atoms with Crippen molar-refractivity contribution in [3.8, 4) is 0 Å². The maximum absolute atomic E-state index is 12.0. The number of carbonyl (C=O) groups excluding carboxylic acids is 1. The molecule has 17 heavy (non-hydrogen) atoms. The maximum Gasteiger partial charge on any atom is 0.192 e. The number of carbonyl (C=O) groups is 1. The number of aromatic amines is 1. The summed E-state index contributed by atoms with van der Waals surface area (Å²) in [4.78, 5) is 17.1. The first-order valence-electron chi connectivity index (χ1n) is 6.53. The molecule has 3 nitrogen and oxygen atoms in total. The molecule has 94 valence electrons. The lowest BCUT2D eigenvalue weighted by molar-refractivity contribution is 0.0884. The topological polar surface area (TPSA) is 36.1 Å². The fourth-order valence-corrected chi connectivity index (χ4v) is 2.63. The van der Waals surface area contributed by atoms with Crippen LogP contribution >= 0.6 is 0 Å². The van der Waals surface area contributed by atoms with Crippen LogP contribution in [0.5, 0.6) is 0 Å². The van der Waals surface area contributed by atoms with Crippen LogP contribution in [0, 0.1) is 5.92 Å². The molecule has 1 aromatic heterocycles. The molecule has 0 amide bonds. The van der Waals surface area contributed by atoms with Gasteiger partial charge < -0.3 is 4.98 Å². The third-order valence-corrected chi connectivity index (χ3v) is 3.90. The first kappa shape index (κ1) is 12.4. The van der Waals surface area contributed by atoms with Gasteiger partial charge in [0.1, 0.15) is 0 Å². The van der Waals surface area contributed by atoms with Gasteiger partial charge in [-0.15, -0.1) is 0 Å². The second-order valence-corrected chi connectivity index (χ2v) is 5.34. The van der Waals surface area contributed by atoms with Crippen LogP contribution in [0.3, 0.4) is 0 Å². The molecular formula is C14H22N2O. The largest absolute Gasteiger partial charge is 0.359 e. The molecule has 0 atom stereocenters. The molecule has 1 aliphatic carbocycles. The average Bonchev–Trinajstić information content (AvgIpc) is 2.83. The van der Waals surface area contributed by atoms with Crippen LogP contribution in [-0.4, -0.2) is 35.3 Å². The van der Waals surface area contributed by atoms with Gasteiger partial charge >= 0.3 is 0 Å². The molecule has 2 rings (SSSR count). The monoisotopic (exact) mass is 234 g/mol. The number of hydrogen-bond acceptors (Lipinski definition) is 2. The first-order valence-corrected chi connectivity index (χ1v) is 6.53. The Morgan fingerprint density at radius 3 is 2.71 bits per heavy atom. The summed E-state index contributed by atoms with van der Waals surface area (Å²) >= 11 is 0. The van der Waals surface area contributed by atoms with Gasteiger partial charge in [-0.3, -0.25) is 9.69 Å². The summed E-state index contributed by atoms with van der Waals surface area (Å²) in [6, 6.07) is 4.30. The van der Waals surface area contributed by atoms with Crippen LogP contribution in [0.15, 0.2) is 18.3 Å². The van der Waals surface area contributed by atoms with Gasteiger partial charge in [-0.25, -0.2) is 0 Å². The number of hydrogen-bond donors (Lipinski definition) is 1. The van der Waals surface area contributed by atoms with Crippen LogP contribution in [0.4, 0.5) is 0 Å². The number of rotatable bonds is 4. The lowest BCUT2D eigenvalue weighted by atomic mass is 9.86. The van der Waals surface area contributed by atoms with Crippen LogP contribution in [0.2, 0.25) is 0 Å². The molecule has 3 heteroatoms. The number of aromatic nitrogens is 1. The quantitative estimate of drug-likeness (QED) is 0.813. The highest BCUT2D eigenvalue weighted by Gasteiger charge is 2.23. The second kappa shape index (κ2) is 5.50. The first-order chi connectivity index (χ1) is 8.16. The zero-order valence-corrected chi connectivity index (χ0v) is 10.8. The molecule has 1 saturated carbocycles. The molecule has 1 aromatic rings. The van der Waals surface area contributed by atoms with Gasteiger partial charge in [-0.2, -0.15) is 0 Å². The van der Waals surface area contributed by atoms with Gasteiger partial charge in [-0.05, 0) is 50.8 Å². The minimum absolute atomic E-state index is 0.191. The third kappa shape index (κ3) is 3.19. The van der Waals surface area contributed by atoms with E-state index in [4.69, 9.17) is 0 Å². The van der Waals surface area contributed by atoms with Crippen molar-refractivity contribution in [2.75, 3.05) is 13.6 Å². The maximum atomic E-state index is 12.0. The van der Waals surface area contributed by atoms with E-state index in [1.807, 2.05) is 12.1 Å². The van der Waals surface area contributed by atoms with Gasteiger partial charge in [0, 0.05) is 12.2 Å². The molecule has 0 aromatic carbocycles. The number of H-pyrrole nitrogens is 1. The second-order valence-electron chi connectivity index (χ2n) is 5.34. The summed E-state index contributed by atoms with van der Waals surface area (Å²) in [5.41, 5.74) is 0.723. The number of ketones is 1. The average molecular weight is 234 g/mol. The molecule has 0 spiro atoms. The lowest BCUT2D eigenvalue weighted by Crippen LogP contribution is -2.38. The Hall–Kier alpha value is -1.09. The molecule has 1 N–H and O–H groups in total. The number of nitrogens with one attached hydrogen (secondary N) is 1. The summed E-state index contributed by atoms with van der Waals surface area (Å²) in [6.07, 6.45) is 6.86. The summed E-state index contributed by atoms with van der Waals surface area (Å²) < 4.78 is 0. The van der Waals surface area contributed by atoms with E-state index >= 15 is 0 Å². The highest BCUT2D eigenvalue weighted by atomic mass is 16.1. The van der Waals surface area contributed by atoms with Crippen molar-refractivity contribution in [3.63, 3.8) is 0 Å². The van der Waals surface area contributed by atoms with Crippen molar-refractivity contribution in [2.24, 2.45) is 5.92 Å². The zero-order valence-electron chi connectivity index (χ0n) is 10.8. The minimum Gasteiger partial charge on any atom is -0.359 e. The van der Waals surface area contributed by atoms with Crippen LogP contribution in [0.25, 0.3) is 0 Å². The summed E-state index contributed by atoms with van der Waals surface area (Å²) in [7, 11) is 2.07. The molecule has 0 unspecified atom stereocenters. The Bertz CT molecular complexity index is 350. The van der Waals surface area contributed by atoms with Gasteiger partial charge in [0.25, 0.3) is 0 Å². The van der Waals surface area contributed by atoms with E-state index < -0.39 is 0 Å². The minimum atomic E-state index is 0.191. The Morgan fingerprint density at radius 1 is 1.41 bits per heavy atom. The standard InChI is InChI=1S/C14H22N2O/c1-11-5-7-12(8-6-11)16(2)10-14(17)13-4-3-9-15-13/h3-4,9,11-12,15H,5-8,10H2,1-2H3. The number of nitrogens with zero attached hydrogens (tertiary/aromatic N) is 1. The van der Waals surface area contributed by atoms with E-state index in [1.54, 1.807) is 6.20 Å². The predicted molar refractivity (Wildman–Crippen MR) is 69.2 cm³/mol. The van der Waals surface area contributed by atoms with Crippen molar-refractivity contribution in [1.29, 1.82) is 0 Å². The molecule has 1 fully saturated rings. The van der Waals surface area contributed by atoms with E-state index in [-0.39, 0.29) is 5.78 Å². The van der Waals surface area contributed by atoms with E-state index in [9.17, 15) is 4.79 Å². The Kier molecular flexibility index (Phi) is 4.00. The number of likely N-dealkylation sites (N-methyl/N-ethyl adjacent to an activating group) is 1. The molecule has 0 radical (unpaired) electrons. The number of Topliss-reactive ketones (excluding diaryl/α,β-unsaturated/α-hetero) is 1. The van der Waals surface area contributed by atoms with Crippen LogP contribution < -0.4 is 0 Å². The SMILES string of the molecule is CC1CCC(N(C)CC(=O)c2ccc[nH]2)CC1. The van der Waals surface area contributed by atoms with Gasteiger partial charge in [0.2, 0.25) is 0 Å². The molecule has 1 aliphatic rings. The van der Waals surface area contributed by atoms with Crippen molar-refractivity contribution in [2.45, 2.75) is 38.6 Å². The zero-order chi connectivity index (χ0) is 12.3. The van der Waals surface area contributed by atoms with Crippen LogP contribution in [-0.2, 0) is 0 Å². The Labute approximate surface area is 103 Å². The molecule has 0 aliphatic heterocycles. The van der Waals surface area contributed by atoms with E-state index in [2.05, 4.69) is 23.9 Å². The van der Waals surface area contributed by atoms with Crippen molar-refractivity contribution < 1.29 is 4.79 Å². The summed E-state index contributed by atoms with van der Waals surface area (Å²) in [5, 5.41) is 0. The van der Waals surface area contributed by atoms with Crippen molar-refractivity contribution in [1.82, 2.24) is 9.88 Å². The van der Waals surface area contributed by atoms with E-state index in [0.717, 1.165) is 11.6 Å². The van der Waals surface area contributed by atoms with Crippen LogP contribution in [0.1, 0.15) is 43.1 Å². The predicted octanol–water partition coefficient (Wildman–Crippen LogP) is 2.71. The third-order valence-electron chi connectivity index (χ3n) is 3.90. The highest BCUT2D eigenvalue weighted by Crippen LogP contribution is 2.26. The lowest BCUT2D eigenvalue weighted by Gasteiger charge is -2.33. The molecular weight excluding hydrogens is 212 g/mol. The Morgan fingerprint density at radius 2 is 2.12 bits per heavy atom. The van der Waals surface area contributed by atoms with E-state index in [0.29, 0.717) is 12.6 Å². The van der Waals surface area contributed by atoms with Crippen molar-refractivity contribution in [3.05, 3.63) is 24.0 Å². The highest BCUT2D eigenvalue weighted by molar-refractivity contribution is 5.95. The van der Waals surface area contributed by atoms with Gasteiger partial charge in [0.05, 0.1) is 12.2 Å². The van der Waals surface area contributed by atoms with E-state index in [1.165, 1.54) is 25.7 Å². The van der Waals surface area contributed by atoms with Gasteiger partial charge in [0.15, 0.2) is 5.78 Å². The molecule has 0 bridgehead atoms. The normalized spacial score (nSPS) is 25.1. The van der Waals surface area contributed by atoms with Crippen molar-refractivity contribution >= 4 is 5.78 Å². The Balaban J connectivity index is 1.84. The van der Waals surface area contributed by atoms with Gasteiger partial charge in [-0.1, -0.05) is 6.92 Å². The summed E-state index contributed by atoms with van der Waals surface area (Å²) in [5.74, 6) is 1.05. The smallest absolute Gasteiger partial charge is 0.192 e. The fraction of sp³-hybridized carbons (Fsp3) is 0.643. The molecule has 0 saturated heterocycles. The summed E-state index contributed by atoms with van der Waals surface area (Å²) in [6.45, 7) is 2.85. The molecule has 1 heterocycles.